The minimum atomic E-state index is -4.02. The van der Waals surface area contributed by atoms with E-state index in [1.54, 1.807) is 54.6 Å². The van der Waals surface area contributed by atoms with Crippen molar-refractivity contribution >= 4 is 44.8 Å². The number of sulfonamides is 1. The molecule has 0 fully saturated rings. The molecule has 0 bridgehead atoms. The summed E-state index contributed by atoms with van der Waals surface area (Å²) in [5.74, 6) is -0.740. The van der Waals surface area contributed by atoms with Gasteiger partial charge in [-0.2, -0.15) is 0 Å². The second-order valence-electron chi connectivity index (χ2n) is 7.60. The summed E-state index contributed by atoms with van der Waals surface area (Å²) in [5, 5.41) is 5.77. The summed E-state index contributed by atoms with van der Waals surface area (Å²) in [6.07, 6.45) is 0.374. The van der Waals surface area contributed by atoms with E-state index in [0.29, 0.717) is 10.7 Å². The lowest BCUT2D eigenvalue weighted by atomic mass is 10.1. The van der Waals surface area contributed by atoms with Crippen LogP contribution in [0.25, 0.3) is 0 Å². The fraction of sp³-hybridized carbons (Fsp3) is 0.120. The van der Waals surface area contributed by atoms with E-state index in [9.17, 15) is 18.0 Å². The highest BCUT2D eigenvalue weighted by Gasteiger charge is 2.37. The van der Waals surface area contributed by atoms with E-state index in [1.165, 1.54) is 24.3 Å². The molecule has 1 aliphatic rings. The molecular weight excluding hydrogens is 490 g/mol. The van der Waals surface area contributed by atoms with E-state index in [0.717, 1.165) is 4.31 Å². The van der Waals surface area contributed by atoms with Gasteiger partial charge in [0.25, 0.3) is 21.8 Å². The van der Waals surface area contributed by atoms with Crippen molar-refractivity contribution in [1.29, 1.82) is 0 Å². The third-order valence-electron chi connectivity index (χ3n) is 5.27. The lowest BCUT2D eigenvalue weighted by Crippen LogP contribution is -2.49. The van der Waals surface area contributed by atoms with Gasteiger partial charge in [-0.15, -0.1) is 6.58 Å². The van der Waals surface area contributed by atoms with E-state index in [4.69, 9.17) is 16.3 Å². The Hall–Kier alpha value is -3.82. The van der Waals surface area contributed by atoms with Crippen LogP contribution in [0.3, 0.4) is 0 Å². The standard InChI is InChI=1S/C25H22ClN3O5S/c1-2-15-27-24(30)19-7-3-4-8-20(19)28-25(31)23-16-29(21-9-5-6-10-22(21)34-23)35(32,33)18-13-11-17(26)12-14-18/h2-14,23H,1,15-16H2,(H,27,30)(H,28,31). The van der Waals surface area contributed by atoms with Crippen LogP contribution < -0.4 is 19.7 Å². The molecule has 35 heavy (non-hydrogen) atoms. The van der Waals surface area contributed by atoms with Crippen molar-refractivity contribution in [2.45, 2.75) is 11.0 Å². The van der Waals surface area contributed by atoms with Gasteiger partial charge >= 0.3 is 0 Å². The molecule has 2 amide bonds. The van der Waals surface area contributed by atoms with Gasteiger partial charge in [0.15, 0.2) is 6.10 Å². The molecule has 1 heterocycles. The smallest absolute Gasteiger partial charge is 0.267 e. The number of amides is 2. The van der Waals surface area contributed by atoms with Gasteiger partial charge in [0, 0.05) is 11.6 Å². The number of anilines is 2. The highest BCUT2D eigenvalue weighted by molar-refractivity contribution is 7.92. The number of hydrogen-bond acceptors (Lipinski definition) is 5. The number of nitrogens with zero attached hydrogens (tertiary/aromatic N) is 1. The molecule has 1 aliphatic heterocycles. The molecular formula is C25H22ClN3O5S. The summed E-state index contributed by atoms with van der Waals surface area (Å²) in [6, 6.07) is 18.9. The summed E-state index contributed by atoms with van der Waals surface area (Å²) in [6.45, 7) is 3.57. The first-order chi connectivity index (χ1) is 16.8. The first kappa shape index (κ1) is 24.3. The van der Waals surface area contributed by atoms with Crippen molar-refractivity contribution in [2.24, 2.45) is 0 Å². The minimum absolute atomic E-state index is 0.0296. The van der Waals surface area contributed by atoms with Crippen LogP contribution in [-0.2, 0) is 14.8 Å². The highest BCUT2D eigenvalue weighted by Crippen LogP contribution is 2.37. The highest BCUT2D eigenvalue weighted by atomic mass is 35.5. The van der Waals surface area contributed by atoms with Crippen LogP contribution in [0.1, 0.15) is 10.4 Å². The molecule has 0 spiro atoms. The molecule has 0 aliphatic carbocycles. The van der Waals surface area contributed by atoms with Crippen LogP contribution in [0.4, 0.5) is 11.4 Å². The zero-order valence-electron chi connectivity index (χ0n) is 18.5. The van der Waals surface area contributed by atoms with Crippen molar-refractivity contribution in [3.05, 3.63) is 96.0 Å². The van der Waals surface area contributed by atoms with Gasteiger partial charge < -0.3 is 15.4 Å². The Morgan fingerprint density at radius 1 is 1.06 bits per heavy atom. The number of fused-ring (bicyclic) bond motifs is 1. The van der Waals surface area contributed by atoms with Crippen molar-refractivity contribution in [2.75, 3.05) is 22.7 Å². The lowest BCUT2D eigenvalue weighted by molar-refractivity contribution is -0.122. The van der Waals surface area contributed by atoms with Crippen molar-refractivity contribution in [1.82, 2.24) is 5.32 Å². The maximum absolute atomic E-state index is 13.5. The van der Waals surface area contributed by atoms with Gasteiger partial charge in [0.05, 0.1) is 28.4 Å². The van der Waals surface area contributed by atoms with E-state index < -0.39 is 22.0 Å². The number of nitrogens with one attached hydrogen (secondary N) is 2. The topological polar surface area (TPSA) is 105 Å². The zero-order chi connectivity index (χ0) is 25.0. The first-order valence-corrected chi connectivity index (χ1v) is 12.5. The van der Waals surface area contributed by atoms with Crippen molar-refractivity contribution < 1.29 is 22.7 Å². The maximum atomic E-state index is 13.5. The van der Waals surface area contributed by atoms with Crippen molar-refractivity contribution in [3.63, 3.8) is 0 Å². The van der Waals surface area contributed by atoms with Gasteiger partial charge in [-0.1, -0.05) is 41.9 Å². The van der Waals surface area contributed by atoms with E-state index in [2.05, 4.69) is 17.2 Å². The largest absolute Gasteiger partial charge is 0.476 e. The van der Waals surface area contributed by atoms with Gasteiger partial charge in [-0.25, -0.2) is 8.42 Å². The van der Waals surface area contributed by atoms with E-state index >= 15 is 0 Å². The molecule has 180 valence electrons. The van der Waals surface area contributed by atoms with Gasteiger partial charge in [-0.3, -0.25) is 13.9 Å². The fourth-order valence-corrected chi connectivity index (χ4v) is 5.17. The molecule has 10 heteroatoms. The number of halogens is 1. The minimum Gasteiger partial charge on any atom is -0.476 e. The maximum Gasteiger partial charge on any atom is 0.267 e. The van der Waals surface area contributed by atoms with Crippen molar-refractivity contribution in [3.8, 4) is 5.75 Å². The first-order valence-electron chi connectivity index (χ1n) is 10.6. The average Bonchev–Trinajstić information content (AvgIpc) is 2.87. The summed E-state index contributed by atoms with van der Waals surface area (Å²) in [4.78, 5) is 25.7. The fourth-order valence-electron chi connectivity index (χ4n) is 3.56. The third-order valence-corrected chi connectivity index (χ3v) is 7.31. The van der Waals surface area contributed by atoms with Gasteiger partial charge in [-0.05, 0) is 48.5 Å². The monoisotopic (exact) mass is 511 g/mol. The summed E-state index contributed by atoms with van der Waals surface area (Å²) >= 11 is 5.92. The van der Waals surface area contributed by atoms with Crippen LogP contribution >= 0.6 is 11.6 Å². The predicted octanol–water partition coefficient (Wildman–Crippen LogP) is 3.85. The number of rotatable bonds is 7. The number of carbonyl (C=O) groups is 2. The third kappa shape index (κ3) is 5.16. The Balaban J connectivity index is 1.63. The molecule has 1 atom stereocenters. The average molecular weight is 512 g/mol. The van der Waals surface area contributed by atoms with Gasteiger partial charge in [0.1, 0.15) is 5.75 Å². The number of benzene rings is 3. The predicted molar refractivity (Wildman–Crippen MR) is 134 cm³/mol. The Kier molecular flexibility index (Phi) is 7.09. The number of carbonyl (C=O) groups excluding carboxylic acids is 2. The van der Waals surface area contributed by atoms with Crippen LogP contribution in [0.5, 0.6) is 5.75 Å². The molecule has 1 unspecified atom stereocenters. The normalized spacial score (nSPS) is 14.9. The molecule has 3 aromatic rings. The molecule has 4 rings (SSSR count). The molecule has 0 saturated heterocycles. The Morgan fingerprint density at radius 2 is 1.74 bits per heavy atom. The van der Waals surface area contributed by atoms with E-state index in [1.807, 2.05) is 0 Å². The molecule has 3 aromatic carbocycles. The van der Waals surface area contributed by atoms with E-state index in [-0.39, 0.29) is 40.9 Å². The van der Waals surface area contributed by atoms with Crippen LogP contribution in [0, 0.1) is 0 Å². The Labute approximate surface area is 208 Å². The SMILES string of the molecule is C=CCNC(=O)c1ccccc1NC(=O)C1CN(S(=O)(=O)c2ccc(Cl)cc2)c2ccccc2O1. The Morgan fingerprint density at radius 3 is 2.49 bits per heavy atom. The van der Waals surface area contributed by atoms with Crippen LogP contribution in [0.15, 0.2) is 90.3 Å². The molecule has 0 radical (unpaired) electrons. The number of para-hydroxylation sites is 3. The Bertz CT molecular complexity index is 1380. The quantitative estimate of drug-likeness (QED) is 0.469. The zero-order valence-corrected chi connectivity index (χ0v) is 20.1. The lowest BCUT2D eigenvalue weighted by Gasteiger charge is -2.34. The summed E-state index contributed by atoms with van der Waals surface area (Å²) in [5.41, 5.74) is 0.842. The second-order valence-corrected chi connectivity index (χ2v) is 9.90. The van der Waals surface area contributed by atoms with Gasteiger partial charge in [0.2, 0.25) is 0 Å². The molecule has 0 aromatic heterocycles. The van der Waals surface area contributed by atoms with Crippen LogP contribution in [-0.4, -0.2) is 39.4 Å². The van der Waals surface area contributed by atoms with Crippen LogP contribution in [0.2, 0.25) is 5.02 Å². The number of ether oxygens (including phenoxy) is 1. The molecule has 0 saturated carbocycles. The summed E-state index contributed by atoms with van der Waals surface area (Å²) in [7, 11) is -4.02. The second kappa shape index (κ2) is 10.2. The molecule has 8 nitrogen and oxygen atoms in total. The summed E-state index contributed by atoms with van der Waals surface area (Å²) < 4.78 is 33.9. The molecule has 2 N–H and O–H groups in total. The number of hydrogen-bond donors (Lipinski definition) is 2.